The van der Waals surface area contributed by atoms with Crippen molar-refractivity contribution in [2.24, 2.45) is 0 Å². The number of furan rings is 1. The fraction of sp³-hybridized carbons (Fsp3) is 0.100. The van der Waals surface area contributed by atoms with Gasteiger partial charge in [-0.3, -0.25) is 4.79 Å². The number of hydrogen-bond donors (Lipinski definition) is 1. The molecule has 0 bridgehead atoms. The Morgan fingerprint density at radius 2 is 1.72 bits per heavy atom. The third-order valence-corrected chi connectivity index (χ3v) is 4.94. The smallest absolute Gasteiger partial charge is 0.230 e. The number of aromatic nitrogens is 1. The molecule has 0 unspecified atom stereocenters. The number of pyridine rings is 1. The van der Waals surface area contributed by atoms with E-state index in [9.17, 15) is 4.79 Å². The van der Waals surface area contributed by atoms with Crippen LogP contribution in [0.1, 0.15) is 5.76 Å². The Bertz CT molecular complexity index is 1030. The number of thioether (sulfide) groups is 1. The summed E-state index contributed by atoms with van der Waals surface area (Å²) in [6.45, 7) is 0.401. The first-order chi connectivity index (χ1) is 12.3. The summed E-state index contributed by atoms with van der Waals surface area (Å²) >= 11 is 1.46. The quantitative estimate of drug-likeness (QED) is 0.429. The zero-order chi connectivity index (χ0) is 17.1. The van der Waals surface area contributed by atoms with E-state index in [0.717, 1.165) is 32.5 Å². The van der Waals surface area contributed by atoms with Crippen molar-refractivity contribution >= 4 is 39.3 Å². The van der Waals surface area contributed by atoms with E-state index in [1.165, 1.54) is 11.8 Å². The minimum atomic E-state index is -0.0413. The van der Waals surface area contributed by atoms with Gasteiger partial charge in [0.15, 0.2) is 0 Å². The van der Waals surface area contributed by atoms with Gasteiger partial charge in [0.25, 0.3) is 0 Å². The predicted octanol–water partition coefficient (Wildman–Crippen LogP) is 4.39. The standard InChI is InChI=1S/C20H16N2O2S/c23-19(21-12-14-6-5-11-24-14)13-25-20-17-9-2-1-7-15(17)16-8-3-4-10-18(16)22-20/h1-11H,12-13H2,(H,21,23). The van der Waals surface area contributed by atoms with Gasteiger partial charge < -0.3 is 9.73 Å². The van der Waals surface area contributed by atoms with E-state index >= 15 is 0 Å². The molecular formula is C20H16N2O2S. The molecule has 124 valence electrons. The maximum Gasteiger partial charge on any atom is 0.230 e. The molecule has 1 N–H and O–H groups in total. The van der Waals surface area contributed by atoms with Crippen LogP contribution in [0.5, 0.6) is 0 Å². The molecular weight excluding hydrogens is 332 g/mol. The summed E-state index contributed by atoms with van der Waals surface area (Å²) in [5.41, 5.74) is 0.944. The summed E-state index contributed by atoms with van der Waals surface area (Å²) in [5, 5.41) is 7.10. The molecule has 0 aliphatic rings. The van der Waals surface area contributed by atoms with Crippen molar-refractivity contribution in [1.82, 2.24) is 10.3 Å². The number of carbonyl (C=O) groups is 1. The number of hydrogen-bond acceptors (Lipinski definition) is 4. The lowest BCUT2D eigenvalue weighted by molar-refractivity contribution is -0.118. The minimum absolute atomic E-state index is 0.0413. The molecule has 0 atom stereocenters. The Balaban J connectivity index is 1.55. The van der Waals surface area contributed by atoms with Crippen LogP contribution in [0.4, 0.5) is 0 Å². The predicted molar refractivity (Wildman–Crippen MR) is 101 cm³/mol. The van der Waals surface area contributed by atoms with Crippen molar-refractivity contribution in [2.45, 2.75) is 11.6 Å². The van der Waals surface area contributed by atoms with E-state index < -0.39 is 0 Å². The normalized spacial score (nSPS) is 11.0. The van der Waals surface area contributed by atoms with Crippen molar-refractivity contribution in [3.05, 3.63) is 72.7 Å². The first kappa shape index (κ1) is 15.7. The SMILES string of the molecule is O=C(CSc1nc2ccccc2c2ccccc12)NCc1ccco1. The molecule has 4 aromatic rings. The molecule has 0 aliphatic heterocycles. The molecule has 0 spiro atoms. The van der Waals surface area contributed by atoms with Crippen molar-refractivity contribution in [1.29, 1.82) is 0 Å². The van der Waals surface area contributed by atoms with E-state index in [0.29, 0.717) is 12.3 Å². The van der Waals surface area contributed by atoms with Crippen LogP contribution in [-0.2, 0) is 11.3 Å². The molecule has 0 radical (unpaired) electrons. The number of nitrogens with zero attached hydrogens (tertiary/aromatic N) is 1. The minimum Gasteiger partial charge on any atom is -0.467 e. The topological polar surface area (TPSA) is 55.1 Å². The molecule has 4 rings (SSSR count). The zero-order valence-corrected chi connectivity index (χ0v) is 14.3. The van der Waals surface area contributed by atoms with Crippen LogP contribution in [0.25, 0.3) is 21.7 Å². The van der Waals surface area contributed by atoms with E-state index in [2.05, 4.69) is 23.5 Å². The molecule has 0 aliphatic carbocycles. The summed E-state index contributed by atoms with van der Waals surface area (Å²) < 4.78 is 5.22. The lowest BCUT2D eigenvalue weighted by Gasteiger charge is -2.09. The number of fused-ring (bicyclic) bond motifs is 3. The van der Waals surface area contributed by atoms with Crippen molar-refractivity contribution < 1.29 is 9.21 Å². The summed E-state index contributed by atoms with van der Waals surface area (Å²) in [5.74, 6) is 1.02. The highest BCUT2D eigenvalue weighted by Crippen LogP contribution is 2.31. The molecule has 0 saturated carbocycles. The van der Waals surface area contributed by atoms with Crippen molar-refractivity contribution in [3.63, 3.8) is 0 Å². The van der Waals surface area contributed by atoms with Gasteiger partial charge in [0.2, 0.25) is 5.91 Å². The van der Waals surface area contributed by atoms with Gasteiger partial charge in [-0.1, -0.05) is 54.2 Å². The van der Waals surface area contributed by atoms with Crippen LogP contribution >= 0.6 is 11.8 Å². The maximum atomic E-state index is 12.1. The van der Waals surface area contributed by atoms with E-state index in [4.69, 9.17) is 9.40 Å². The number of benzene rings is 2. The first-order valence-electron chi connectivity index (χ1n) is 8.00. The van der Waals surface area contributed by atoms with Gasteiger partial charge in [-0.2, -0.15) is 0 Å². The highest BCUT2D eigenvalue weighted by molar-refractivity contribution is 8.00. The third kappa shape index (κ3) is 3.37. The first-order valence-corrected chi connectivity index (χ1v) is 8.99. The molecule has 0 fully saturated rings. The average Bonchev–Trinajstić information content (AvgIpc) is 3.18. The van der Waals surface area contributed by atoms with Crippen LogP contribution in [0.15, 0.2) is 76.4 Å². The van der Waals surface area contributed by atoms with Crippen LogP contribution in [-0.4, -0.2) is 16.6 Å². The van der Waals surface area contributed by atoms with Gasteiger partial charge in [-0.15, -0.1) is 0 Å². The Morgan fingerprint density at radius 3 is 2.52 bits per heavy atom. The van der Waals surface area contributed by atoms with Gasteiger partial charge in [0.05, 0.1) is 24.1 Å². The summed E-state index contributed by atoms with van der Waals surface area (Å²) in [6, 6.07) is 19.9. The number of carbonyl (C=O) groups excluding carboxylic acids is 1. The Kier molecular flexibility index (Phi) is 4.39. The highest BCUT2D eigenvalue weighted by atomic mass is 32.2. The fourth-order valence-corrected chi connectivity index (χ4v) is 3.63. The second-order valence-electron chi connectivity index (χ2n) is 5.62. The van der Waals surface area contributed by atoms with Crippen LogP contribution in [0.2, 0.25) is 0 Å². The molecule has 2 heterocycles. The van der Waals surface area contributed by atoms with Gasteiger partial charge >= 0.3 is 0 Å². The largest absolute Gasteiger partial charge is 0.467 e. The van der Waals surface area contributed by atoms with Gasteiger partial charge in [-0.25, -0.2) is 4.98 Å². The number of para-hydroxylation sites is 1. The highest BCUT2D eigenvalue weighted by Gasteiger charge is 2.10. The zero-order valence-electron chi connectivity index (χ0n) is 13.4. The second kappa shape index (κ2) is 6.99. The molecule has 5 heteroatoms. The number of rotatable bonds is 5. The van der Waals surface area contributed by atoms with Crippen molar-refractivity contribution in [3.8, 4) is 0 Å². The lowest BCUT2D eigenvalue weighted by atomic mass is 10.1. The third-order valence-electron chi connectivity index (χ3n) is 3.95. The summed E-state index contributed by atoms with van der Waals surface area (Å²) in [6.07, 6.45) is 1.60. The van der Waals surface area contributed by atoms with E-state index in [-0.39, 0.29) is 5.91 Å². The van der Waals surface area contributed by atoms with Crippen LogP contribution in [0, 0.1) is 0 Å². The van der Waals surface area contributed by atoms with Crippen LogP contribution < -0.4 is 5.32 Å². The molecule has 0 saturated heterocycles. The van der Waals surface area contributed by atoms with E-state index in [1.54, 1.807) is 12.3 Å². The van der Waals surface area contributed by atoms with Gasteiger partial charge in [0.1, 0.15) is 10.8 Å². The number of amides is 1. The van der Waals surface area contributed by atoms with E-state index in [1.807, 2.05) is 36.4 Å². The average molecular weight is 348 g/mol. The molecule has 25 heavy (non-hydrogen) atoms. The monoisotopic (exact) mass is 348 g/mol. The molecule has 4 nitrogen and oxygen atoms in total. The Morgan fingerprint density at radius 1 is 0.960 bits per heavy atom. The molecule has 2 aromatic heterocycles. The molecule has 1 amide bonds. The fourth-order valence-electron chi connectivity index (χ4n) is 2.77. The lowest BCUT2D eigenvalue weighted by Crippen LogP contribution is -2.24. The molecule has 2 aromatic carbocycles. The Labute approximate surface area is 149 Å². The van der Waals surface area contributed by atoms with Crippen LogP contribution in [0.3, 0.4) is 0 Å². The summed E-state index contributed by atoms with van der Waals surface area (Å²) in [7, 11) is 0. The Hall–Kier alpha value is -2.79. The maximum absolute atomic E-state index is 12.1. The van der Waals surface area contributed by atoms with Gasteiger partial charge in [-0.05, 0) is 23.6 Å². The van der Waals surface area contributed by atoms with Gasteiger partial charge in [0, 0.05) is 10.8 Å². The number of nitrogens with one attached hydrogen (secondary N) is 1. The second-order valence-corrected chi connectivity index (χ2v) is 6.59. The van der Waals surface area contributed by atoms with Crippen molar-refractivity contribution in [2.75, 3.05) is 5.75 Å². The summed E-state index contributed by atoms with van der Waals surface area (Å²) in [4.78, 5) is 16.9.